The van der Waals surface area contributed by atoms with E-state index in [0.717, 1.165) is 24.0 Å². The number of rotatable bonds is 9. The van der Waals surface area contributed by atoms with Crippen LogP contribution >= 0.6 is 0 Å². The summed E-state index contributed by atoms with van der Waals surface area (Å²) in [4.78, 5) is 38.3. The molecule has 8 nitrogen and oxygen atoms in total. The Morgan fingerprint density at radius 3 is 1.96 bits per heavy atom. The molecule has 1 aliphatic rings. The number of carboxylic acids is 1. The number of aliphatic carboxylic acids is 1. The van der Waals surface area contributed by atoms with E-state index in [0.29, 0.717) is 17.7 Å². The van der Waals surface area contributed by atoms with E-state index in [-0.39, 0.29) is 19.0 Å². The highest BCUT2D eigenvalue weighted by Crippen LogP contribution is 2.43. The summed E-state index contributed by atoms with van der Waals surface area (Å²) >= 11 is 0. The maximum absolute atomic E-state index is 14.0. The molecular weight excluding hydrogens is 631 g/mol. The Kier molecular flexibility index (Phi) is 11.0. The van der Waals surface area contributed by atoms with Crippen LogP contribution in [0.3, 0.4) is 0 Å². The first-order chi connectivity index (χ1) is 21.1. The standard InChI is InChI=1S/C31H34F7NO7/c1-16(19-12-20(30(33,34)35)14-21(13-19)31(36,37)38)44-24-15-39(28(43)46-29(3,4)5)27(23(45-17(2)40)10-11-25(41)42)26(24)18-6-8-22(32)9-7-18/h6-9,12-14,16,23-24,26-27H,10-11,15H2,1-5H3,(H,41,42)/t16-,23?,24+,26-,27+/m1/s1. The van der Waals surface area contributed by atoms with Gasteiger partial charge in [0.1, 0.15) is 17.5 Å². The minimum Gasteiger partial charge on any atom is -0.481 e. The Morgan fingerprint density at radius 2 is 1.50 bits per heavy atom. The monoisotopic (exact) mass is 665 g/mol. The number of amides is 1. The number of halogens is 7. The molecule has 1 N–H and O–H groups in total. The van der Waals surface area contributed by atoms with Gasteiger partial charge in [-0.25, -0.2) is 9.18 Å². The van der Waals surface area contributed by atoms with Gasteiger partial charge in [-0.15, -0.1) is 0 Å². The Hall–Kier alpha value is -3.88. The first kappa shape index (κ1) is 36.6. The summed E-state index contributed by atoms with van der Waals surface area (Å²) in [5.41, 5.74) is -4.29. The Morgan fingerprint density at radius 1 is 0.957 bits per heavy atom. The molecule has 1 unspecified atom stereocenters. The molecule has 0 saturated carbocycles. The van der Waals surface area contributed by atoms with Gasteiger partial charge in [0.15, 0.2) is 0 Å². The fraction of sp³-hybridized carbons (Fsp3) is 0.516. The molecule has 46 heavy (non-hydrogen) atoms. The molecule has 0 radical (unpaired) electrons. The van der Waals surface area contributed by atoms with E-state index in [4.69, 9.17) is 14.2 Å². The van der Waals surface area contributed by atoms with E-state index < -0.39 is 95.2 Å². The second kappa shape index (κ2) is 13.9. The lowest BCUT2D eigenvalue weighted by molar-refractivity contribution is -0.152. The van der Waals surface area contributed by atoms with Gasteiger partial charge in [0.25, 0.3) is 0 Å². The molecular formula is C31H34F7NO7. The van der Waals surface area contributed by atoms with Crippen LogP contribution in [0.2, 0.25) is 0 Å². The number of hydrogen-bond donors (Lipinski definition) is 1. The molecule has 0 aromatic heterocycles. The quantitative estimate of drug-likeness (QED) is 0.219. The predicted molar refractivity (Wildman–Crippen MR) is 148 cm³/mol. The van der Waals surface area contributed by atoms with Crippen molar-refractivity contribution in [1.82, 2.24) is 4.90 Å². The van der Waals surface area contributed by atoms with Gasteiger partial charge < -0.3 is 19.3 Å². The molecule has 1 amide bonds. The van der Waals surface area contributed by atoms with E-state index in [1.807, 2.05) is 0 Å². The Balaban J connectivity index is 2.17. The molecule has 15 heteroatoms. The zero-order valence-corrected chi connectivity index (χ0v) is 25.5. The highest BCUT2D eigenvalue weighted by molar-refractivity contribution is 5.71. The number of nitrogens with zero attached hydrogens (tertiary/aromatic N) is 1. The number of likely N-dealkylation sites (tertiary alicyclic amines) is 1. The minimum absolute atomic E-state index is 0.0144. The van der Waals surface area contributed by atoms with Crippen molar-refractivity contribution >= 4 is 18.0 Å². The van der Waals surface area contributed by atoms with Crippen molar-refractivity contribution in [2.24, 2.45) is 0 Å². The van der Waals surface area contributed by atoms with Crippen molar-refractivity contribution in [1.29, 1.82) is 0 Å². The third kappa shape index (κ3) is 9.56. The van der Waals surface area contributed by atoms with Crippen LogP contribution in [-0.4, -0.2) is 58.4 Å². The van der Waals surface area contributed by atoms with Crippen molar-refractivity contribution < 1.29 is 64.4 Å². The van der Waals surface area contributed by atoms with E-state index in [2.05, 4.69) is 0 Å². The molecule has 0 spiro atoms. The van der Waals surface area contributed by atoms with Gasteiger partial charge in [0, 0.05) is 19.3 Å². The summed E-state index contributed by atoms with van der Waals surface area (Å²) in [6, 6.07) is 4.68. The molecule has 3 rings (SSSR count). The summed E-state index contributed by atoms with van der Waals surface area (Å²) < 4.78 is 113. The first-order valence-corrected chi connectivity index (χ1v) is 14.2. The van der Waals surface area contributed by atoms with Crippen LogP contribution in [0.1, 0.15) is 81.7 Å². The van der Waals surface area contributed by atoms with Gasteiger partial charge >= 0.3 is 30.4 Å². The van der Waals surface area contributed by atoms with Gasteiger partial charge in [-0.05, 0) is 75.6 Å². The largest absolute Gasteiger partial charge is 0.481 e. The van der Waals surface area contributed by atoms with Gasteiger partial charge in [0.05, 0.1) is 35.9 Å². The number of carbonyl (C=O) groups is 3. The van der Waals surface area contributed by atoms with Gasteiger partial charge in [-0.2, -0.15) is 26.3 Å². The van der Waals surface area contributed by atoms with E-state index >= 15 is 0 Å². The van der Waals surface area contributed by atoms with Crippen molar-refractivity contribution in [3.8, 4) is 0 Å². The smallest absolute Gasteiger partial charge is 0.416 e. The number of ether oxygens (including phenoxy) is 3. The summed E-state index contributed by atoms with van der Waals surface area (Å²) in [5, 5.41) is 9.36. The lowest BCUT2D eigenvalue weighted by Gasteiger charge is -2.35. The van der Waals surface area contributed by atoms with Gasteiger partial charge in [-0.1, -0.05) is 12.1 Å². The molecule has 2 aromatic rings. The summed E-state index contributed by atoms with van der Waals surface area (Å²) in [6.45, 7) is 6.66. The molecule has 1 saturated heterocycles. The average molecular weight is 666 g/mol. The zero-order valence-electron chi connectivity index (χ0n) is 25.5. The fourth-order valence-electron chi connectivity index (χ4n) is 5.35. The van der Waals surface area contributed by atoms with Crippen LogP contribution in [0.5, 0.6) is 0 Å². The number of benzene rings is 2. The molecule has 0 bridgehead atoms. The predicted octanol–water partition coefficient (Wildman–Crippen LogP) is 7.51. The van der Waals surface area contributed by atoms with Gasteiger partial charge in [-0.3, -0.25) is 14.5 Å². The van der Waals surface area contributed by atoms with Crippen LogP contribution in [-0.2, 0) is 36.2 Å². The second-order valence-electron chi connectivity index (χ2n) is 11.9. The van der Waals surface area contributed by atoms with Crippen LogP contribution < -0.4 is 0 Å². The summed E-state index contributed by atoms with van der Waals surface area (Å²) in [6.07, 6.45) is -15.8. The van der Waals surface area contributed by atoms with Crippen LogP contribution in [0.25, 0.3) is 0 Å². The number of carboxylic acid groups (broad SMARTS) is 1. The number of hydrogen-bond acceptors (Lipinski definition) is 6. The van der Waals surface area contributed by atoms with Crippen LogP contribution in [0.15, 0.2) is 42.5 Å². The molecule has 5 atom stereocenters. The third-order valence-corrected chi connectivity index (χ3v) is 7.19. The minimum atomic E-state index is -5.11. The number of carbonyl (C=O) groups excluding carboxylic acids is 2. The lowest BCUT2D eigenvalue weighted by Crippen LogP contribution is -2.48. The second-order valence-corrected chi connectivity index (χ2v) is 11.9. The highest BCUT2D eigenvalue weighted by Gasteiger charge is 2.52. The molecule has 1 fully saturated rings. The SMILES string of the molecule is CC(=O)OC(CCC(=O)O)[C@H]1[C@H](c2ccc(F)cc2)[C@@H](O[C@H](C)c2cc(C(F)(F)F)cc(C(F)(F)F)c2)CN1C(=O)OC(C)(C)C. The molecule has 0 aliphatic carbocycles. The maximum Gasteiger partial charge on any atom is 0.416 e. The van der Waals surface area contributed by atoms with Crippen molar-refractivity contribution in [2.75, 3.05) is 6.54 Å². The average Bonchev–Trinajstić information content (AvgIpc) is 3.28. The molecule has 2 aromatic carbocycles. The molecule has 254 valence electrons. The topological polar surface area (TPSA) is 102 Å². The lowest BCUT2D eigenvalue weighted by atomic mass is 9.85. The van der Waals surface area contributed by atoms with Crippen LogP contribution in [0, 0.1) is 5.82 Å². The van der Waals surface area contributed by atoms with Crippen molar-refractivity contribution in [2.45, 2.75) is 95.7 Å². The molecule has 1 heterocycles. The van der Waals surface area contributed by atoms with E-state index in [1.54, 1.807) is 20.8 Å². The first-order valence-electron chi connectivity index (χ1n) is 14.2. The summed E-state index contributed by atoms with van der Waals surface area (Å²) in [7, 11) is 0. The van der Waals surface area contributed by atoms with Crippen molar-refractivity contribution in [3.63, 3.8) is 0 Å². The maximum atomic E-state index is 14.0. The van der Waals surface area contributed by atoms with Crippen molar-refractivity contribution in [3.05, 3.63) is 70.5 Å². The Bertz CT molecular complexity index is 1370. The normalized spacial score (nSPS) is 20.3. The third-order valence-electron chi connectivity index (χ3n) is 7.19. The van der Waals surface area contributed by atoms with E-state index in [1.165, 1.54) is 19.1 Å². The summed E-state index contributed by atoms with van der Waals surface area (Å²) in [5.74, 6) is -3.75. The van der Waals surface area contributed by atoms with Crippen LogP contribution in [0.4, 0.5) is 35.5 Å². The zero-order chi connectivity index (χ0) is 34.8. The number of esters is 1. The highest BCUT2D eigenvalue weighted by atomic mass is 19.4. The Labute approximate surface area is 260 Å². The van der Waals surface area contributed by atoms with Gasteiger partial charge in [0.2, 0.25) is 0 Å². The fourth-order valence-corrected chi connectivity index (χ4v) is 5.35. The number of alkyl halides is 6. The molecule has 1 aliphatic heterocycles. The van der Waals surface area contributed by atoms with E-state index in [9.17, 15) is 50.2 Å².